The Morgan fingerprint density at radius 2 is 1.00 bits per heavy atom. The van der Waals surface area contributed by atoms with Gasteiger partial charge in [-0.1, -0.05) is 0 Å². The molecule has 1 saturated heterocycles. The minimum Gasteiger partial charge on any atom is -0.356 e. The lowest BCUT2D eigenvalue weighted by Crippen LogP contribution is -2.42. The fraction of sp³-hybridized carbons (Fsp3) is 0.636. The van der Waals surface area contributed by atoms with Crippen LogP contribution in [0.2, 0.25) is 0 Å². The average molecular weight is 270 g/mol. The van der Waals surface area contributed by atoms with Gasteiger partial charge in [0.25, 0.3) is 0 Å². The Balaban J connectivity index is 2.47. The van der Waals surface area contributed by atoms with Gasteiger partial charge in [-0.05, 0) is 6.42 Å². The normalized spacial score (nSPS) is 20.2. The number of rotatable bonds is 0. The molecule has 1 fully saturated rings. The maximum Gasteiger partial charge on any atom is 0.309 e. The molecule has 8 heteroatoms. The van der Waals surface area contributed by atoms with E-state index in [1.54, 1.807) is 0 Å². The third-order valence-electron chi connectivity index (χ3n) is 2.48. The Labute approximate surface area is 110 Å². The number of carbonyl (C=O) groups is 4. The maximum absolute atomic E-state index is 11.3. The molecule has 106 valence electrons. The van der Waals surface area contributed by atoms with Gasteiger partial charge in [0.1, 0.15) is 0 Å². The largest absolute Gasteiger partial charge is 0.356 e. The zero-order chi connectivity index (χ0) is 14.1. The first kappa shape index (κ1) is 14.9. The fourth-order valence-corrected chi connectivity index (χ4v) is 1.46. The van der Waals surface area contributed by atoms with Gasteiger partial charge in [-0.15, -0.1) is 0 Å². The van der Waals surface area contributed by atoms with Gasteiger partial charge in [-0.25, -0.2) is 0 Å². The quantitative estimate of drug-likeness (QED) is 0.368. The molecule has 8 nitrogen and oxygen atoms in total. The van der Waals surface area contributed by atoms with Crippen LogP contribution in [0.25, 0.3) is 0 Å². The van der Waals surface area contributed by atoms with Crippen molar-refractivity contribution in [2.75, 3.05) is 26.2 Å². The summed E-state index contributed by atoms with van der Waals surface area (Å²) in [6, 6.07) is 0. The highest BCUT2D eigenvalue weighted by Gasteiger charge is 2.13. The zero-order valence-corrected chi connectivity index (χ0v) is 10.6. The van der Waals surface area contributed by atoms with Crippen molar-refractivity contribution >= 4 is 23.6 Å². The van der Waals surface area contributed by atoms with Gasteiger partial charge in [0.05, 0.1) is 0 Å². The van der Waals surface area contributed by atoms with Crippen LogP contribution in [0, 0.1) is 0 Å². The molecule has 4 N–H and O–H groups in total. The van der Waals surface area contributed by atoms with Crippen LogP contribution in [0.5, 0.6) is 0 Å². The van der Waals surface area contributed by atoms with Gasteiger partial charge in [-0.2, -0.15) is 0 Å². The highest BCUT2D eigenvalue weighted by Crippen LogP contribution is 1.84. The summed E-state index contributed by atoms with van der Waals surface area (Å²) in [7, 11) is 0. The van der Waals surface area contributed by atoms with Crippen molar-refractivity contribution in [2.45, 2.75) is 19.3 Å². The molecule has 0 spiro atoms. The van der Waals surface area contributed by atoms with Crippen LogP contribution in [0.1, 0.15) is 19.3 Å². The van der Waals surface area contributed by atoms with Crippen LogP contribution >= 0.6 is 0 Å². The van der Waals surface area contributed by atoms with Crippen LogP contribution in [0.15, 0.2) is 0 Å². The third-order valence-corrected chi connectivity index (χ3v) is 2.48. The molecule has 1 aliphatic heterocycles. The van der Waals surface area contributed by atoms with Gasteiger partial charge < -0.3 is 21.3 Å². The molecule has 1 heterocycles. The van der Waals surface area contributed by atoms with E-state index < -0.39 is 11.8 Å². The topological polar surface area (TPSA) is 116 Å². The first-order valence-corrected chi connectivity index (χ1v) is 6.19. The molecular formula is C11H18N4O4. The first-order chi connectivity index (χ1) is 9.09. The van der Waals surface area contributed by atoms with Gasteiger partial charge in [-0.3, -0.25) is 19.2 Å². The van der Waals surface area contributed by atoms with Crippen molar-refractivity contribution in [3.63, 3.8) is 0 Å². The average Bonchev–Trinajstić information content (AvgIpc) is 2.37. The van der Waals surface area contributed by atoms with Gasteiger partial charge >= 0.3 is 11.8 Å². The number of carbonyl (C=O) groups excluding carboxylic acids is 4. The van der Waals surface area contributed by atoms with E-state index >= 15 is 0 Å². The first-order valence-electron chi connectivity index (χ1n) is 6.19. The third kappa shape index (κ3) is 6.39. The summed E-state index contributed by atoms with van der Waals surface area (Å²) in [4.78, 5) is 45.2. The van der Waals surface area contributed by atoms with Crippen LogP contribution in [-0.2, 0) is 19.2 Å². The van der Waals surface area contributed by atoms with Crippen LogP contribution in [0.4, 0.5) is 0 Å². The van der Waals surface area contributed by atoms with Gasteiger partial charge in [0.15, 0.2) is 0 Å². The summed E-state index contributed by atoms with van der Waals surface area (Å²) in [5.74, 6) is -2.02. The van der Waals surface area contributed by atoms with Crippen molar-refractivity contribution in [1.82, 2.24) is 21.3 Å². The maximum atomic E-state index is 11.3. The lowest BCUT2D eigenvalue weighted by atomic mass is 10.3. The van der Waals surface area contributed by atoms with E-state index in [9.17, 15) is 19.2 Å². The highest BCUT2D eigenvalue weighted by molar-refractivity contribution is 6.35. The lowest BCUT2D eigenvalue weighted by molar-refractivity contribution is -0.139. The number of hydrogen-bond donors (Lipinski definition) is 4. The monoisotopic (exact) mass is 270 g/mol. The van der Waals surface area contributed by atoms with Crippen molar-refractivity contribution in [3.8, 4) is 0 Å². The second-order valence-electron chi connectivity index (χ2n) is 4.07. The molecule has 0 radical (unpaired) electrons. The standard InChI is InChI=1S/C11H18N4O4/c16-8-2-6-14-10(18)11(19)15-7-3-9(17)13-5-1-4-12-8/h1-7H2,(H,12,16)(H,13,17)(H,14,18)(H,15,19). The molecule has 0 aliphatic carbocycles. The van der Waals surface area contributed by atoms with E-state index in [-0.39, 0.29) is 37.7 Å². The minimum atomic E-state index is -0.803. The molecular weight excluding hydrogens is 252 g/mol. The Kier molecular flexibility index (Phi) is 6.34. The second kappa shape index (κ2) is 8.06. The van der Waals surface area contributed by atoms with Crippen LogP contribution in [0.3, 0.4) is 0 Å². The molecule has 19 heavy (non-hydrogen) atoms. The Morgan fingerprint density at radius 3 is 1.42 bits per heavy atom. The van der Waals surface area contributed by atoms with E-state index in [2.05, 4.69) is 21.3 Å². The molecule has 1 aliphatic rings. The van der Waals surface area contributed by atoms with Crippen molar-refractivity contribution < 1.29 is 19.2 Å². The Morgan fingerprint density at radius 1 is 0.579 bits per heavy atom. The molecule has 0 atom stereocenters. The second-order valence-corrected chi connectivity index (χ2v) is 4.07. The predicted molar refractivity (Wildman–Crippen MR) is 65.9 cm³/mol. The summed E-state index contributed by atoms with van der Waals surface area (Å²) >= 11 is 0. The van der Waals surface area contributed by atoms with E-state index in [0.29, 0.717) is 19.5 Å². The van der Waals surface area contributed by atoms with E-state index in [4.69, 9.17) is 0 Å². The Bertz CT molecular complexity index is 336. The van der Waals surface area contributed by atoms with E-state index in [1.165, 1.54) is 0 Å². The summed E-state index contributed by atoms with van der Waals surface area (Å²) in [6.45, 7) is 1.14. The zero-order valence-electron chi connectivity index (χ0n) is 10.6. The van der Waals surface area contributed by atoms with Gasteiger partial charge in [0, 0.05) is 39.0 Å². The fourth-order valence-electron chi connectivity index (χ4n) is 1.46. The van der Waals surface area contributed by atoms with E-state index in [0.717, 1.165) is 0 Å². The molecule has 4 amide bonds. The SMILES string of the molecule is O=C1CCNC(=O)C(=O)NCCC(=O)NCCCN1. The minimum absolute atomic E-state index is 0.106. The number of amides is 4. The molecule has 1 rings (SSSR count). The predicted octanol–water partition coefficient (Wildman–Crippen LogP) is -2.36. The summed E-state index contributed by atoms with van der Waals surface area (Å²) in [5, 5.41) is 9.96. The molecule has 0 aromatic carbocycles. The van der Waals surface area contributed by atoms with Crippen LogP contribution < -0.4 is 21.3 Å². The smallest absolute Gasteiger partial charge is 0.309 e. The molecule has 0 bridgehead atoms. The van der Waals surface area contributed by atoms with Crippen molar-refractivity contribution in [3.05, 3.63) is 0 Å². The Hall–Kier alpha value is -2.12. The number of nitrogens with one attached hydrogen (secondary N) is 4. The van der Waals surface area contributed by atoms with Crippen molar-refractivity contribution in [2.24, 2.45) is 0 Å². The molecule has 0 aromatic rings. The molecule has 0 unspecified atom stereocenters. The highest BCUT2D eigenvalue weighted by atomic mass is 16.2. The van der Waals surface area contributed by atoms with Crippen molar-refractivity contribution in [1.29, 1.82) is 0 Å². The summed E-state index contributed by atoms with van der Waals surface area (Å²) < 4.78 is 0. The number of hydrogen-bond acceptors (Lipinski definition) is 4. The van der Waals surface area contributed by atoms with Crippen LogP contribution in [-0.4, -0.2) is 49.8 Å². The summed E-state index contributed by atoms with van der Waals surface area (Å²) in [5.41, 5.74) is 0. The van der Waals surface area contributed by atoms with E-state index in [1.807, 2.05) is 0 Å². The summed E-state index contributed by atoms with van der Waals surface area (Å²) in [6.07, 6.45) is 0.868. The van der Waals surface area contributed by atoms with Gasteiger partial charge in [0.2, 0.25) is 11.8 Å². The molecule has 0 saturated carbocycles. The molecule has 0 aromatic heterocycles. The lowest BCUT2D eigenvalue weighted by Gasteiger charge is -2.06.